The molecule has 4 aromatic rings. The number of hydrogen-bond donors (Lipinski definition) is 2. The van der Waals surface area contributed by atoms with Gasteiger partial charge in [0, 0.05) is 21.1 Å². The SMILES string of the molecule is Cc1ccc2[nH]c3c(=O)n(CC(=O)Nc4ccc(Br)c(C)c4)cnc3c2c1. The van der Waals surface area contributed by atoms with E-state index >= 15 is 0 Å². The molecule has 136 valence electrons. The van der Waals surface area contributed by atoms with Crippen molar-refractivity contribution >= 4 is 49.5 Å². The van der Waals surface area contributed by atoms with Crippen LogP contribution in [0.1, 0.15) is 11.1 Å². The Morgan fingerprint density at radius 2 is 2.04 bits per heavy atom. The van der Waals surface area contributed by atoms with Gasteiger partial charge >= 0.3 is 0 Å². The number of anilines is 1. The molecule has 4 rings (SSSR count). The van der Waals surface area contributed by atoms with Gasteiger partial charge < -0.3 is 10.3 Å². The molecule has 0 aliphatic heterocycles. The Balaban J connectivity index is 1.64. The van der Waals surface area contributed by atoms with Gasteiger partial charge in [-0.25, -0.2) is 4.98 Å². The number of rotatable bonds is 3. The van der Waals surface area contributed by atoms with E-state index in [0.29, 0.717) is 16.7 Å². The largest absolute Gasteiger partial charge is 0.349 e. The molecule has 0 spiro atoms. The van der Waals surface area contributed by atoms with Crippen molar-refractivity contribution in [3.05, 3.63) is 68.7 Å². The fourth-order valence-corrected chi connectivity index (χ4v) is 3.34. The van der Waals surface area contributed by atoms with E-state index in [4.69, 9.17) is 0 Å². The number of benzene rings is 2. The van der Waals surface area contributed by atoms with Crippen LogP contribution < -0.4 is 10.9 Å². The first-order valence-corrected chi connectivity index (χ1v) is 9.25. The van der Waals surface area contributed by atoms with Crippen molar-refractivity contribution < 1.29 is 4.79 Å². The van der Waals surface area contributed by atoms with Crippen molar-refractivity contribution in [2.45, 2.75) is 20.4 Å². The van der Waals surface area contributed by atoms with Gasteiger partial charge in [0.15, 0.2) is 0 Å². The third-order valence-corrected chi connectivity index (χ3v) is 5.37. The van der Waals surface area contributed by atoms with E-state index in [0.717, 1.165) is 26.5 Å². The van der Waals surface area contributed by atoms with Crippen LogP contribution >= 0.6 is 15.9 Å². The van der Waals surface area contributed by atoms with E-state index in [9.17, 15) is 9.59 Å². The molecular weight excluding hydrogens is 408 g/mol. The highest BCUT2D eigenvalue weighted by Gasteiger charge is 2.13. The average molecular weight is 425 g/mol. The number of nitrogens with zero attached hydrogens (tertiary/aromatic N) is 2. The van der Waals surface area contributed by atoms with E-state index in [1.165, 1.54) is 10.9 Å². The van der Waals surface area contributed by atoms with Crippen molar-refractivity contribution in [1.82, 2.24) is 14.5 Å². The molecule has 0 aliphatic carbocycles. The van der Waals surface area contributed by atoms with Crippen LogP contribution in [0, 0.1) is 13.8 Å². The van der Waals surface area contributed by atoms with E-state index in [2.05, 4.69) is 31.2 Å². The van der Waals surface area contributed by atoms with Crippen LogP contribution in [0.5, 0.6) is 0 Å². The lowest BCUT2D eigenvalue weighted by Crippen LogP contribution is -2.28. The monoisotopic (exact) mass is 424 g/mol. The van der Waals surface area contributed by atoms with Crippen LogP contribution in [0.3, 0.4) is 0 Å². The molecule has 0 bridgehead atoms. The third kappa shape index (κ3) is 3.26. The highest BCUT2D eigenvalue weighted by molar-refractivity contribution is 9.10. The maximum absolute atomic E-state index is 12.8. The summed E-state index contributed by atoms with van der Waals surface area (Å²) in [4.78, 5) is 32.7. The molecule has 0 unspecified atom stereocenters. The number of halogens is 1. The molecule has 0 aliphatic rings. The Kier molecular flexibility index (Phi) is 4.31. The summed E-state index contributed by atoms with van der Waals surface area (Å²) in [6.45, 7) is 3.83. The van der Waals surface area contributed by atoms with Gasteiger partial charge in [0.1, 0.15) is 17.6 Å². The molecule has 0 radical (unpaired) electrons. The number of H-pyrrole nitrogens is 1. The minimum Gasteiger partial charge on any atom is -0.349 e. The Morgan fingerprint density at radius 1 is 1.22 bits per heavy atom. The number of fused-ring (bicyclic) bond motifs is 3. The molecule has 0 saturated carbocycles. The van der Waals surface area contributed by atoms with Gasteiger partial charge in [0.05, 0.1) is 6.33 Å². The molecule has 0 saturated heterocycles. The van der Waals surface area contributed by atoms with Crippen molar-refractivity contribution in [3.63, 3.8) is 0 Å². The quantitative estimate of drug-likeness (QED) is 0.523. The van der Waals surface area contributed by atoms with Gasteiger partial charge in [0.25, 0.3) is 5.56 Å². The molecule has 2 heterocycles. The lowest BCUT2D eigenvalue weighted by atomic mass is 10.2. The zero-order chi connectivity index (χ0) is 19.1. The molecule has 0 fully saturated rings. The highest BCUT2D eigenvalue weighted by Crippen LogP contribution is 2.22. The molecule has 2 aromatic carbocycles. The van der Waals surface area contributed by atoms with Crippen LogP contribution in [-0.2, 0) is 11.3 Å². The van der Waals surface area contributed by atoms with Crippen molar-refractivity contribution in [2.75, 3.05) is 5.32 Å². The summed E-state index contributed by atoms with van der Waals surface area (Å²) in [5, 5.41) is 3.72. The normalized spacial score (nSPS) is 11.2. The molecule has 1 amide bonds. The first-order chi connectivity index (χ1) is 12.9. The minimum atomic E-state index is -0.285. The van der Waals surface area contributed by atoms with E-state index < -0.39 is 0 Å². The fraction of sp³-hybridized carbons (Fsp3) is 0.150. The number of amides is 1. The number of carbonyl (C=O) groups is 1. The van der Waals surface area contributed by atoms with Crippen LogP contribution in [0.25, 0.3) is 21.9 Å². The first kappa shape index (κ1) is 17.5. The smallest absolute Gasteiger partial charge is 0.278 e. The number of aromatic nitrogens is 3. The summed E-state index contributed by atoms with van der Waals surface area (Å²) in [6, 6.07) is 11.4. The van der Waals surface area contributed by atoms with Gasteiger partial charge in [0.2, 0.25) is 5.91 Å². The number of aryl methyl sites for hydroxylation is 2. The molecule has 2 N–H and O–H groups in total. The van der Waals surface area contributed by atoms with Gasteiger partial charge in [-0.15, -0.1) is 0 Å². The van der Waals surface area contributed by atoms with Gasteiger partial charge in [-0.1, -0.05) is 27.6 Å². The second kappa shape index (κ2) is 6.66. The van der Waals surface area contributed by atoms with Crippen molar-refractivity contribution in [1.29, 1.82) is 0 Å². The van der Waals surface area contributed by atoms with E-state index in [1.54, 1.807) is 6.07 Å². The van der Waals surface area contributed by atoms with Crippen molar-refractivity contribution in [2.24, 2.45) is 0 Å². The number of carbonyl (C=O) groups excluding carboxylic acids is 1. The lowest BCUT2D eigenvalue weighted by molar-refractivity contribution is -0.116. The maximum Gasteiger partial charge on any atom is 0.278 e. The molecule has 2 aromatic heterocycles. The number of hydrogen-bond acceptors (Lipinski definition) is 3. The highest BCUT2D eigenvalue weighted by atomic mass is 79.9. The Bertz CT molecular complexity index is 1260. The summed E-state index contributed by atoms with van der Waals surface area (Å²) < 4.78 is 2.28. The van der Waals surface area contributed by atoms with Crippen LogP contribution in [-0.4, -0.2) is 20.4 Å². The van der Waals surface area contributed by atoms with E-state index in [-0.39, 0.29) is 18.0 Å². The summed E-state index contributed by atoms with van der Waals surface area (Å²) in [6.07, 6.45) is 1.42. The predicted molar refractivity (Wildman–Crippen MR) is 110 cm³/mol. The second-order valence-electron chi connectivity index (χ2n) is 6.59. The first-order valence-electron chi connectivity index (χ1n) is 8.46. The van der Waals surface area contributed by atoms with E-state index in [1.807, 2.05) is 44.2 Å². The topological polar surface area (TPSA) is 79.8 Å². The maximum atomic E-state index is 12.8. The standard InChI is InChI=1S/C20H17BrN4O2/c1-11-3-6-16-14(7-11)18-19(24-16)20(27)25(10-22-18)9-17(26)23-13-4-5-15(21)12(2)8-13/h3-8,10,24H,9H2,1-2H3,(H,23,26). The summed E-state index contributed by atoms with van der Waals surface area (Å²) >= 11 is 3.43. The summed E-state index contributed by atoms with van der Waals surface area (Å²) in [7, 11) is 0. The Labute approximate surface area is 163 Å². The molecule has 0 atom stereocenters. The molecule has 7 heteroatoms. The lowest BCUT2D eigenvalue weighted by Gasteiger charge is -2.08. The average Bonchev–Trinajstić information content (AvgIpc) is 2.99. The van der Waals surface area contributed by atoms with Crippen LogP contribution in [0.2, 0.25) is 0 Å². The van der Waals surface area contributed by atoms with Crippen molar-refractivity contribution in [3.8, 4) is 0 Å². The van der Waals surface area contributed by atoms with Gasteiger partial charge in [-0.2, -0.15) is 0 Å². The fourth-order valence-electron chi connectivity index (χ4n) is 3.09. The van der Waals surface area contributed by atoms with Gasteiger partial charge in [-0.05, 0) is 49.7 Å². The Morgan fingerprint density at radius 3 is 2.81 bits per heavy atom. The van der Waals surface area contributed by atoms with Crippen LogP contribution in [0.15, 0.2) is 52.0 Å². The molecule has 6 nitrogen and oxygen atoms in total. The predicted octanol–water partition coefficient (Wildman–Crippen LogP) is 3.90. The molecule has 27 heavy (non-hydrogen) atoms. The Hall–Kier alpha value is -2.93. The zero-order valence-electron chi connectivity index (χ0n) is 14.8. The zero-order valence-corrected chi connectivity index (χ0v) is 16.4. The second-order valence-corrected chi connectivity index (χ2v) is 7.44. The molecular formula is C20H17BrN4O2. The third-order valence-electron chi connectivity index (χ3n) is 4.48. The number of aromatic amines is 1. The van der Waals surface area contributed by atoms with Gasteiger partial charge in [-0.3, -0.25) is 14.2 Å². The van der Waals surface area contributed by atoms with Crippen LogP contribution in [0.4, 0.5) is 5.69 Å². The summed E-state index contributed by atoms with van der Waals surface area (Å²) in [5.74, 6) is -0.285. The summed E-state index contributed by atoms with van der Waals surface area (Å²) in [5.41, 5.74) is 4.41. The minimum absolute atomic E-state index is 0.106. The number of nitrogens with one attached hydrogen (secondary N) is 2.